The van der Waals surface area contributed by atoms with Crippen LogP contribution >= 0.6 is 0 Å². The molecular weight excluding hydrogens is 256 g/mol. The number of rotatable bonds is 1. The van der Waals surface area contributed by atoms with E-state index in [2.05, 4.69) is 15.2 Å². The van der Waals surface area contributed by atoms with Crippen molar-refractivity contribution in [1.29, 1.82) is 0 Å². The Bertz CT molecular complexity index is 833. The lowest BCUT2D eigenvalue weighted by molar-refractivity contribution is 0.0926. The number of hydrogen-bond acceptors (Lipinski definition) is 4. The molecule has 0 saturated heterocycles. The number of H-pyrrole nitrogens is 1. The van der Waals surface area contributed by atoms with Crippen molar-refractivity contribution in [3.63, 3.8) is 0 Å². The fourth-order valence-corrected chi connectivity index (χ4v) is 2.43. The minimum Gasteiger partial charge on any atom is -0.274 e. The van der Waals surface area contributed by atoms with Crippen molar-refractivity contribution in [3.05, 3.63) is 53.9 Å². The van der Waals surface area contributed by atoms with E-state index in [-0.39, 0.29) is 11.8 Å². The number of aromatic amines is 1. The summed E-state index contributed by atoms with van der Waals surface area (Å²) in [5.41, 5.74) is 2.49. The summed E-state index contributed by atoms with van der Waals surface area (Å²) in [6, 6.07) is 8.42. The monoisotopic (exact) mass is 264 g/mol. The Balaban J connectivity index is 1.95. The van der Waals surface area contributed by atoms with Crippen LogP contribution in [0.1, 0.15) is 20.7 Å². The second-order valence-corrected chi connectivity index (χ2v) is 4.45. The summed E-state index contributed by atoms with van der Waals surface area (Å²) >= 11 is 0. The van der Waals surface area contributed by atoms with Crippen molar-refractivity contribution in [2.75, 3.05) is 4.90 Å². The van der Waals surface area contributed by atoms with Gasteiger partial charge in [-0.3, -0.25) is 19.7 Å². The molecule has 0 bridgehead atoms. The topological polar surface area (TPSA) is 79.0 Å². The van der Waals surface area contributed by atoms with E-state index in [1.165, 1.54) is 0 Å². The first-order valence-corrected chi connectivity index (χ1v) is 6.03. The van der Waals surface area contributed by atoms with Crippen molar-refractivity contribution in [1.82, 2.24) is 15.2 Å². The van der Waals surface area contributed by atoms with Crippen LogP contribution in [0.3, 0.4) is 0 Å². The normalized spacial score (nSPS) is 14.1. The highest BCUT2D eigenvalue weighted by atomic mass is 16.2. The maximum absolute atomic E-state index is 12.4. The van der Waals surface area contributed by atoms with E-state index in [0.717, 1.165) is 4.90 Å². The van der Waals surface area contributed by atoms with Crippen molar-refractivity contribution in [2.24, 2.45) is 0 Å². The van der Waals surface area contributed by atoms with Crippen LogP contribution in [0.2, 0.25) is 0 Å². The Morgan fingerprint density at radius 3 is 2.40 bits per heavy atom. The fourth-order valence-electron chi connectivity index (χ4n) is 2.43. The number of nitrogens with one attached hydrogen (secondary N) is 1. The average molecular weight is 264 g/mol. The number of anilines is 1. The average Bonchev–Trinajstić information content (AvgIpc) is 3.04. The number of benzene rings is 1. The molecule has 1 aliphatic heterocycles. The van der Waals surface area contributed by atoms with E-state index in [4.69, 9.17) is 0 Å². The molecule has 96 valence electrons. The highest BCUT2D eigenvalue weighted by Crippen LogP contribution is 2.31. The maximum Gasteiger partial charge on any atom is 0.266 e. The predicted octanol–water partition coefficient (Wildman–Crippen LogP) is 1.76. The lowest BCUT2D eigenvalue weighted by Crippen LogP contribution is -2.29. The van der Waals surface area contributed by atoms with Crippen LogP contribution in [-0.2, 0) is 0 Å². The van der Waals surface area contributed by atoms with E-state index in [0.29, 0.717) is 27.8 Å². The number of carbonyl (C=O) groups is 2. The van der Waals surface area contributed by atoms with Crippen LogP contribution in [0.5, 0.6) is 0 Å². The van der Waals surface area contributed by atoms with Gasteiger partial charge >= 0.3 is 0 Å². The van der Waals surface area contributed by atoms with Crippen molar-refractivity contribution >= 4 is 28.5 Å². The number of pyridine rings is 1. The van der Waals surface area contributed by atoms with Gasteiger partial charge in [-0.15, -0.1) is 0 Å². The maximum atomic E-state index is 12.4. The zero-order valence-corrected chi connectivity index (χ0v) is 10.2. The third-order valence-corrected chi connectivity index (χ3v) is 3.36. The van der Waals surface area contributed by atoms with Crippen LogP contribution < -0.4 is 4.90 Å². The van der Waals surface area contributed by atoms with E-state index in [1.54, 1.807) is 42.7 Å². The van der Waals surface area contributed by atoms with Crippen molar-refractivity contribution in [2.45, 2.75) is 0 Å². The quantitative estimate of drug-likeness (QED) is 0.679. The lowest BCUT2D eigenvalue weighted by atomic mass is 10.1. The van der Waals surface area contributed by atoms with Gasteiger partial charge in [0.25, 0.3) is 11.8 Å². The largest absolute Gasteiger partial charge is 0.274 e. The van der Waals surface area contributed by atoms with Gasteiger partial charge in [0, 0.05) is 6.20 Å². The summed E-state index contributed by atoms with van der Waals surface area (Å²) in [6.45, 7) is 0. The molecule has 0 atom stereocenters. The Morgan fingerprint density at radius 1 is 1.00 bits per heavy atom. The Hall–Kier alpha value is -3.02. The molecule has 0 fully saturated rings. The molecule has 20 heavy (non-hydrogen) atoms. The number of carbonyl (C=O) groups excluding carboxylic acids is 2. The summed E-state index contributed by atoms with van der Waals surface area (Å²) in [5.74, 6) is -0.652. The molecule has 2 amide bonds. The highest BCUT2D eigenvalue weighted by molar-refractivity contribution is 6.35. The molecule has 6 nitrogen and oxygen atoms in total. The summed E-state index contributed by atoms with van der Waals surface area (Å²) < 4.78 is 0. The second kappa shape index (κ2) is 3.74. The molecule has 6 heteroatoms. The molecule has 1 N–H and O–H groups in total. The first kappa shape index (κ1) is 10.9. The van der Waals surface area contributed by atoms with Crippen molar-refractivity contribution < 1.29 is 9.59 Å². The second-order valence-electron chi connectivity index (χ2n) is 4.45. The Labute approximate surface area is 113 Å². The number of hydrogen-bond donors (Lipinski definition) is 1. The smallest absolute Gasteiger partial charge is 0.266 e. The minimum absolute atomic E-state index is 0.326. The number of fused-ring (bicyclic) bond motifs is 2. The Kier molecular flexibility index (Phi) is 2.03. The van der Waals surface area contributed by atoms with E-state index < -0.39 is 0 Å². The predicted molar refractivity (Wildman–Crippen MR) is 71.5 cm³/mol. The molecule has 0 aliphatic carbocycles. The van der Waals surface area contributed by atoms with Gasteiger partial charge in [-0.1, -0.05) is 12.1 Å². The molecule has 3 aromatic rings. The third-order valence-electron chi connectivity index (χ3n) is 3.36. The minimum atomic E-state index is -0.326. The zero-order chi connectivity index (χ0) is 13.7. The molecule has 2 aromatic heterocycles. The van der Waals surface area contributed by atoms with Crippen LogP contribution in [0, 0.1) is 0 Å². The van der Waals surface area contributed by atoms with Crippen LogP contribution in [-0.4, -0.2) is 27.0 Å². The number of nitrogens with zero attached hydrogens (tertiary/aromatic N) is 3. The number of amides is 2. The van der Waals surface area contributed by atoms with Crippen molar-refractivity contribution in [3.8, 4) is 0 Å². The first-order valence-electron chi connectivity index (χ1n) is 6.03. The summed E-state index contributed by atoms with van der Waals surface area (Å²) in [4.78, 5) is 30.1. The molecule has 4 rings (SSSR count). The van der Waals surface area contributed by atoms with E-state index >= 15 is 0 Å². The van der Waals surface area contributed by atoms with Gasteiger partial charge in [-0.25, -0.2) is 4.90 Å². The molecule has 1 aliphatic rings. The summed E-state index contributed by atoms with van der Waals surface area (Å²) in [7, 11) is 0. The SMILES string of the molecule is O=C1c2ccccc2C(=O)N1c1ccnc2cn[nH]c12. The molecule has 1 aromatic carbocycles. The van der Waals surface area contributed by atoms with Gasteiger partial charge in [-0.2, -0.15) is 5.10 Å². The molecule has 0 radical (unpaired) electrons. The van der Waals surface area contributed by atoms with Gasteiger partial charge in [0.15, 0.2) is 0 Å². The zero-order valence-electron chi connectivity index (χ0n) is 10.2. The highest BCUT2D eigenvalue weighted by Gasteiger charge is 2.37. The van der Waals surface area contributed by atoms with Crippen LogP contribution in [0.25, 0.3) is 11.0 Å². The molecular formula is C14H8N4O2. The van der Waals surface area contributed by atoms with Crippen LogP contribution in [0.15, 0.2) is 42.7 Å². The van der Waals surface area contributed by atoms with Gasteiger partial charge < -0.3 is 0 Å². The molecule has 0 spiro atoms. The fraction of sp³-hybridized carbons (Fsp3) is 0. The first-order chi connectivity index (χ1) is 9.77. The standard InChI is InChI=1S/C14H8N4O2/c19-13-8-3-1-2-4-9(8)14(20)18(13)11-5-6-15-10-7-16-17-12(10)11/h1-7H,(H,16,17). The Morgan fingerprint density at radius 2 is 1.70 bits per heavy atom. The summed E-state index contributed by atoms with van der Waals surface area (Å²) in [6.07, 6.45) is 3.10. The number of aromatic nitrogens is 3. The molecule has 0 unspecified atom stereocenters. The molecule has 0 saturated carbocycles. The van der Waals surface area contributed by atoms with E-state index in [1.807, 2.05) is 0 Å². The van der Waals surface area contributed by atoms with Gasteiger partial charge in [0.1, 0.15) is 11.0 Å². The van der Waals surface area contributed by atoms with Crippen LogP contribution in [0.4, 0.5) is 5.69 Å². The van der Waals surface area contributed by atoms with Gasteiger partial charge in [0.2, 0.25) is 0 Å². The summed E-state index contributed by atoms with van der Waals surface area (Å²) in [5, 5.41) is 6.67. The van der Waals surface area contributed by atoms with Gasteiger partial charge in [-0.05, 0) is 18.2 Å². The van der Waals surface area contributed by atoms with E-state index in [9.17, 15) is 9.59 Å². The van der Waals surface area contributed by atoms with Gasteiger partial charge in [0.05, 0.1) is 23.0 Å². The lowest BCUT2D eigenvalue weighted by Gasteiger charge is -2.14. The third kappa shape index (κ3) is 1.27. The molecule has 3 heterocycles. The number of imide groups is 1.